The Labute approximate surface area is 121 Å². The van der Waals surface area contributed by atoms with Crippen LogP contribution in [0.1, 0.15) is 5.56 Å². The van der Waals surface area contributed by atoms with Gasteiger partial charge >= 0.3 is 0 Å². The molecule has 0 aliphatic carbocycles. The fourth-order valence-electron chi connectivity index (χ4n) is 2.63. The lowest BCUT2D eigenvalue weighted by molar-refractivity contribution is -0.144. The second-order valence-electron chi connectivity index (χ2n) is 5.28. The first-order chi connectivity index (χ1) is 9.93. The number of halogens is 2. The van der Waals surface area contributed by atoms with Crippen molar-refractivity contribution in [1.29, 1.82) is 0 Å². The van der Waals surface area contributed by atoms with E-state index < -0.39 is 42.6 Å². The molecule has 4 N–H and O–H groups in total. The highest BCUT2D eigenvalue weighted by Gasteiger charge is 2.40. The van der Waals surface area contributed by atoms with Crippen LogP contribution in [0.5, 0.6) is 0 Å². The van der Waals surface area contributed by atoms with Crippen LogP contribution >= 0.6 is 0 Å². The van der Waals surface area contributed by atoms with Gasteiger partial charge in [0.15, 0.2) is 0 Å². The molecule has 1 aliphatic heterocycles. The van der Waals surface area contributed by atoms with Gasteiger partial charge in [-0.1, -0.05) is 0 Å². The standard InChI is InChI=1S/C14H19F2NO4/c15-9-1-2-10(16)8(5-9)3-4-17-6-12(19)14(21)13(20)11(17)7-18/h1-2,5,11-14,18-21H,3-4,6-7H2/t11-,12+,13-,14-/m1/s1. The van der Waals surface area contributed by atoms with Gasteiger partial charge in [-0.05, 0) is 30.2 Å². The van der Waals surface area contributed by atoms with E-state index in [0.717, 1.165) is 18.2 Å². The van der Waals surface area contributed by atoms with Crippen LogP contribution in [0.4, 0.5) is 8.78 Å². The van der Waals surface area contributed by atoms with Gasteiger partial charge in [0.2, 0.25) is 0 Å². The average Bonchev–Trinajstić information content (AvgIpc) is 2.46. The number of aliphatic hydroxyl groups excluding tert-OH is 4. The zero-order valence-electron chi connectivity index (χ0n) is 11.4. The van der Waals surface area contributed by atoms with Crippen LogP contribution in [0.2, 0.25) is 0 Å². The van der Waals surface area contributed by atoms with Crippen molar-refractivity contribution in [3.8, 4) is 0 Å². The van der Waals surface area contributed by atoms with E-state index in [1.54, 1.807) is 4.90 Å². The maximum absolute atomic E-state index is 13.5. The Hall–Kier alpha value is -1.12. The summed E-state index contributed by atoms with van der Waals surface area (Å²) in [5.74, 6) is -1.07. The predicted molar refractivity (Wildman–Crippen MR) is 70.5 cm³/mol. The topological polar surface area (TPSA) is 84.2 Å². The van der Waals surface area contributed by atoms with Crippen molar-refractivity contribution in [2.45, 2.75) is 30.8 Å². The molecule has 2 rings (SSSR count). The highest BCUT2D eigenvalue weighted by atomic mass is 19.1. The SMILES string of the molecule is OC[C@@H]1[C@@H](O)[C@H](O)[C@@H](O)CN1CCc1cc(F)ccc1F. The summed E-state index contributed by atoms with van der Waals surface area (Å²) in [4.78, 5) is 1.56. The molecule has 1 fully saturated rings. The van der Waals surface area contributed by atoms with Gasteiger partial charge in [0.25, 0.3) is 0 Å². The molecule has 0 amide bonds. The fourth-order valence-corrected chi connectivity index (χ4v) is 2.63. The molecule has 0 spiro atoms. The molecule has 4 atom stereocenters. The fraction of sp³-hybridized carbons (Fsp3) is 0.571. The lowest BCUT2D eigenvalue weighted by Gasteiger charge is -2.43. The maximum atomic E-state index is 13.5. The molecule has 0 unspecified atom stereocenters. The molecule has 1 aromatic rings. The third kappa shape index (κ3) is 3.56. The van der Waals surface area contributed by atoms with E-state index in [-0.39, 0.29) is 25.1 Å². The number of piperidine rings is 1. The molecule has 0 radical (unpaired) electrons. The summed E-state index contributed by atoms with van der Waals surface area (Å²) < 4.78 is 26.6. The Morgan fingerprint density at radius 2 is 1.86 bits per heavy atom. The molecule has 21 heavy (non-hydrogen) atoms. The second kappa shape index (κ2) is 6.76. The molecule has 0 aromatic heterocycles. The minimum Gasteiger partial charge on any atom is -0.395 e. The average molecular weight is 303 g/mol. The minimum absolute atomic E-state index is 0.0421. The highest BCUT2D eigenvalue weighted by Crippen LogP contribution is 2.20. The predicted octanol–water partition coefficient (Wildman–Crippen LogP) is -0.734. The number of benzene rings is 1. The first kappa shape index (κ1) is 16.3. The summed E-state index contributed by atoms with van der Waals surface area (Å²) in [6.45, 7) is -0.149. The molecule has 7 heteroatoms. The number of likely N-dealkylation sites (tertiary alicyclic amines) is 1. The molecule has 1 aromatic carbocycles. The molecule has 0 saturated carbocycles. The summed E-state index contributed by atoms with van der Waals surface area (Å²) in [5.41, 5.74) is 0.182. The summed E-state index contributed by atoms with van der Waals surface area (Å²) >= 11 is 0. The van der Waals surface area contributed by atoms with Gasteiger partial charge in [0.05, 0.1) is 18.8 Å². The van der Waals surface area contributed by atoms with E-state index in [1.807, 2.05) is 0 Å². The third-order valence-electron chi connectivity index (χ3n) is 3.89. The van der Waals surface area contributed by atoms with Crippen molar-refractivity contribution in [3.63, 3.8) is 0 Å². The summed E-state index contributed by atoms with van der Waals surface area (Å²) in [6.07, 6.45) is -3.61. The van der Waals surface area contributed by atoms with Crippen LogP contribution in [0.3, 0.4) is 0 Å². The number of hydrogen-bond acceptors (Lipinski definition) is 5. The van der Waals surface area contributed by atoms with Gasteiger partial charge in [-0.2, -0.15) is 0 Å². The molecular weight excluding hydrogens is 284 g/mol. The smallest absolute Gasteiger partial charge is 0.126 e. The second-order valence-corrected chi connectivity index (χ2v) is 5.28. The first-order valence-electron chi connectivity index (χ1n) is 6.77. The first-order valence-corrected chi connectivity index (χ1v) is 6.77. The van der Waals surface area contributed by atoms with E-state index in [2.05, 4.69) is 0 Å². The Balaban J connectivity index is 2.05. The molecule has 1 heterocycles. The van der Waals surface area contributed by atoms with E-state index >= 15 is 0 Å². The Morgan fingerprint density at radius 3 is 2.52 bits per heavy atom. The van der Waals surface area contributed by atoms with Crippen molar-refractivity contribution in [2.75, 3.05) is 19.7 Å². The lowest BCUT2D eigenvalue weighted by Crippen LogP contribution is -2.62. The van der Waals surface area contributed by atoms with Crippen molar-refractivity contribution >= 4 is 0 Å². The summed E-state index contributed by atoms with van der Waals surface area (Å²) in [6, 6.07) is 2.41. The van der Waals surface area contributed by atoms with Crippen LogP contribution < -0.4 is 0 Å². The van der Waals surface area contributed by atoms with Crippen molar-refractivity contribution in [2.24, 2.45) is 0 Å². The van der Waals surface area contributed by atoms with Crippen molar-refractivity contribution in [1.82, 2.24) is 4.90 Å². The number of aliphatic hydroxyl groups is 4. The number of rotatable bonds is 4. The normalized spacial score (nSPS) is 30.6. The highest BCUT2D eigenvalue weighted by molar-refractivity contribution is 5.19. The van der Waals surface area contributed by atoms with Crippen LogP contribution in [-0.2, 0) is 6.42 Å². The third-order valence-corrected chi connectivity index (χ3v) is 3.89. The number of hydrogen-bond donors (Lipinski definition) is 4. The van der Waals surface area contributed by atoms with Crippen LogP contribution in [0, 0.1) is 11.6 Å². The Morgan fingerprint density at radius 1 is 1.14 bits per heavy atom. The van der Waals surface area contributed by atoms with Crippen LogP contribution in [-0.4, -0.2) is 69.4 Å². The Kier molecular flexibility index (Phi) is 5.23. The maximum Gasteiger partial charge on any atom is 0.126 e. The zero-order chi connectivity index (χ0) is 15.6. The van der Waals surface area contributed by atoms with Gasteiger partial charge in [0, 0.05) is 13.1 Å². The Bertz CT molecular complexity index is 488. The molecule has 0 bridgehead atoms. The zero-order valence-corrected chi connectivity index (χ0v) is 11.4. The van der Waals surface area contributed by atoms with Crippen LogP contribution in [0.25, 0.3) is 0 Å². The molecule has 1 saturated heterocycles. The van der Waals surface area contributed by atoms with Gasteiger partial charge in [-0.25, -0.2) is 8.78 Å². The van der Waals surface area contributed by atoms with Gasteiger partial charge in [-0.3, -0.25) is 4.90 Å². The summed E-state index contributed by atoms with van der Waals surface area (Å²) in [5, 5.41) is 38.4. The summed E-state index contributed by atoms with van der Waals surface area (Å²) in [7, 11) is 0. The minimum atomic E-state index is -1.33. The number of nitrogens with zero attached hydrogens (tertiary/aromatic N) is 1. The molecule has 5 nitrogen and oxygen atoms in total. The van der Waals surface area contributed by atoms with E-state index in [0.29, 0.717) is 0 Å². The van der Waals surface area contributed by atoms with Crippen molar-refractivity contribution < 1.29 is 29.2 Å². The van der Waals surface area contributed by atoms with Crippen molar-refractivity contribution in [3.05, 3.63) is 35.4 Å². The number of β-amino-alcohol motifs (C(OH)–C–C–N with tert-alkyl or cyclic N) is 1. The van der Waals surface area contributed by atoms with E-state index in [9.17, 15) is 29.2 Å². The molecule has 118 valence electrons. The monoisotopic (exact) mass is 303 g/mol. The van der Waals surface area contributed by atoms with E-state index in [1.165, 1.54) is 0 Å². The van der Waals surface area contributed by atoms with Crippen LogP contribution in [0.15, 0.2) is 18.2 Å². The molecular formula is C14H19F2NO4. The van der Waals surface area contributed by atoms with Gasteiger partial charge in [-0.15, -0.1) is 0 Å². The quantitative estimate of drug-likeness (QED) is 0.589. The van der Waals surface area contributed by atoms with Gasteiger partial charge < -0.3 is 20.4 Å². The van der Waals surface area contributed by atoms with E-state index in [4.69, 9.17) is 0 Å². The lowest BCUT2D eigenvalue weighted by atomic mass is 9.94. The molecule has 1 aliphatic rings. The van der Waals surface area contributed by atoms with Gasteiger partial charge in [0.1, 0.15) is 23.8 Å². The largest absolute Gasteiger partial charge is 0.395 e.